The van der Waals surface area contributed by atoms with Crippen molar-refractivity contribution in [1.82, 2.24) is 0 Å². The standard InChI is InChI=1S/2C19H15N5O3.C14H26O4/c2*25-18-12-10-16(11-13-18)23-21-19(14-6-8-17(9-7-14)24(26)27)20-22(23)15-4-2-1-3-5-15;1-4-7-8-9-10-11(12(15)16)14(5-2,6-3)13(17)18/h2*1-13,25H,(H,20,21);11H,4-10H2,1-3H3,(H,15,16)(H,17,18). The van der Waals surface area contributed by atoms with Gasteiger partial charge in [-0.05, 0) is 116 Å². The van der Waals surface area contributed by atoms with Crippen LogP contribution >= 0.6 is 0 Å². The van der Waals surface area contributed by atoms with E-state index in [1.165, 1.54) is 24.3 Å². The normalized spacial score (nSPS) is 13.5. The Labute approximate surface area is 415 Å². The molecule has 374 valence electrons. The number of phenols is 2. The molecule has 0 aliphatic carbocycles. The Kier molecular flexibility index (Phi) is 17.9. The van der Waals surface area contributed by atoms with Crippen LogP contribution in [0.25, 0.3) is 0 Å². The van der Waals surface area contributed by atoms with Crippen molar-refractivity contribution in [3.63, 3.8) is 0 Å². The van der Waals surface area contributed by atoms with Gasteiger partial charge in [0.25, 0.3) is 23.0 Å². The molecule has 20 heteroatoms. The lowest BCUT2D eigenvalue weighted by Crippen LogP contribution is -2.96. The number of hydrazine groups is 2. The Balaban J connectivity index is 0.000000181. The highest BCUT2D eigenvalue weighted by Crippen LogP contribution is 2.38. The third-order valence-corrected chi connectivity index (χ3v) is 12.2. The first-order valence-corrected chi connectivity index (χ1v) is 23.3. The maximum Gasteiger partial charge on any atom is 0.277 e. The Bertz CT molecular complexity index is 2650. The number of rotatable bonds is 18. The highest BCUT2D eigenvalue weighted by Gasteiger charge is 2.38. The van der Waals surface area contributed by atoms with Gasteiger partial charge in [0.05, 0.1) is 32.3 Å². The zero-order valence-electron chi connectivity index (χ0n) is 39.9. The number of hydrazone groups is 2. The van der Waals surface area contributed by atoms with E-state index in [1.54, 1.807) is 96.9 Å². The van der Waals surface area contributed by atoms with Crippen molar-refractivity contribution in [3.05, 3.63) is 189 Å². The summed E-state index contributed by atoms with van der Waals surface area (Å²) in [4.78, 5) is 43.4. The Morgan fingerprint density at radius 1 is 0.556 bits per heavy atom. The lowest BCUT2D eigenvalue weighted by atomic mass is 9.69. The number of carboxylic acids is 2. The molecule has 2 heterocycles. The number of unbranched alkanes of at least 4 members (excludes halogenated alkanes) is 3. The lowest BCUT2D eigenvalue weighted by molar-refractivity contribution is -0.545. The maximum absolute atomic E-state index is 11.3. The van der Waals surface area contributed by atoms with E-state index in [9.17, 15) is 50.2 Å². The first kappa shape index (κ1) is 52.5. The predicted molar refractivity (Wildman–Crippen MR) is 267 cm³/mol. The number of quaternary nitrogens is 2. The molecule has 0 saturated carbocycles. The molecule has 0 aromatic heterocycles. The summed E-state index contributed by atoms with van der Waals surface area (Å²) in [5, 5.41) is 79.9. The maximum atomic E-state index is 11.3. The van der Waals surface area contributed by atoms with E-state index in [1.807, 2.05) is 81.8 Å². The van der Waals surface area contributed by atoms with Crippen LogP contribution in [0.2, 0.25) is 0 Å². The molecule has 2 aliphatic heterocycles. The number of phenolic OH excluding ortho intramolecular Hbond substituents is 2. The van der Waals surface area contributed by atoms with Gasteiger partial charge in [0.15, 0.2) is 0 Å². The van der Waals surface area contributed by atoms with Crippen LogP contribution in [0.1, 0.15) is 76.8 Å². The number of carbonyl (C=O) groups excluding carboxylic acids is 2. The molecule has 1 atom stereocenters. The van der Waals surface area contributed by atoms with Gasteiger partial charge in [0.2, 0.25) is 0 Å². The number of carboxylic acid groups (broad SMARTS) is 2. The molecule has 6 N–H and O–H groups in total. The molecule has 8 rings (SSSR count). The number of aromatic hydroxyl groups is 2. The summed E-state index contributed by atoms with van der Waals surface area (Å²) < 4.78 is 0. The van der Waals surface area contributed by atoms with E-state index < -0.39 is 33.1 Å². The molecule has 0 fully saturated rings. The molecular formula is C52H56N10O10. The zero-order chi connectivity index (χ0) is 51.8. The highest BCUT2D eigenvalue weighted by molar-refractivity contribution is 5.95. The van der Waals surface area contributed by atoms with Gasteiger partial charge < -0.3 is 30.0 Å². The molecule has 0 radical (unpaired) electrons. The van der Waals surface area contributed by atoms with Gasteiger partial charge in [0, 0.05) is 47.5 Å². The van der Waals surface area contributed by atoms with E-state index in [0.29, 0.717) is 18.1 Å². The minimum absolute atomic E-state index is 0.0349. The number of nitro benzene ring substituents is 2. The predicted octanol–water partition coefficient (Wildman–Crippen LogP) is 5.64. The van der Waals surface area contributed by atoms with Gasteiger partial charge >= 0.3 is 0 Å². The number of nitro groups is 2. The number of aliphatic carboxylic acids is 2. The van der Waals surface area contributed by atoms with Crippen LogP contribution in [0.5, 0.6) is 11.5 Å². The molecule has 0 spiro atoms. The van der Waals surface area contributed by atoms with Gasteiger partial charge in [-0.15, -0.1) is 20.5 Å². The second-order valence-corrected chi connectivity index (χ2v) is 16.7. The van der Waals surface area contributed by atoms with E-state index in [4.69, 9.17) is 0 Å². The average Bonchev–Trinajstić information content (AvgIpc) is 4.05. The molecule has 0 saturated heterocycles. The van der Waals surface area contributed by atoms with Gasteiger partial charge in [0.1, 0.15) is 22.9 Å². The summed E-state index contributed by atoms with van der Waals surface area (Å²) in [6.07, 6.45) is 4.63. The van der Waals surface area contributed by atoms with Crippen molar-refractivity contribution in [3.8, 4) is 11.5 Å². The number of amidine groups is 2. The van der Waals surface area contributed by atoms with E-state index >= 15 is 0 Å². The minimum Gasteiger partial charge on any atom is -0.550 e. The van der Waals surface area contributed by atoms with Crippen molar-refractivity contribution in [1.29, 1.82) is 0 Å². The number of nitrogens with zero attached hydrogens (tertiary/aromatic N) is 8. The quantitative estimate of drug-likeness (QED) is 0.0351. The third-order valence-electron chi connectivity index (χ3n) is 12.2. The van der Waals surface area contributed by atoms with E-state index in [0.717, 1.165) is 59.6 Å². The van der Waals surface area contributed by atoms with E-state index in [-0.39, 0.29) is 35.7 Å². The van der Waals surface area contributed by atoms with Crippen LogP contribution in [0, 0.1) is 31.6 Å². The largest absolute Gasteiger partial charge is 0.550 e. The van der Waals surface area contributed by atoms with Crippen LogP contribution in [0.3, 0.4) is 0 Å². The molecule has 2 aliphatic rings. The zero-order valence-corrected chi connectivity index (χ0v) is 39.9. The summed E-state index contributed by atoms with van der Waals surface area (Å²) in [6, 6.07) is 45.4. The fourth-order valence-corrected chi connectivity index (χ4v) is 8.10. The summed E-state index contributed by atoms with van der Waals surface area (Å²) in [5.74, 6) is -1.80. The average molecular weight is 981 g/mol. The number of carbonyl (C=O) groups is 2. The second kappa shape index (κ2) is 24.6. The number of benzene rings is 6. The first-order chi connectivity index (χ1) is 34.7. The molecule has 0 bridgehead atoms. The summed E-state index contributed by atoms with van der Waals surface area (Å²) in [7, 11) is 0. The number of non-ortho nitro benzene ring substituents is 2. The molecule has 72 heavy (non-hydrogen) atoms. The molecule has 20 nitrogen and oxygen atoms in total. The van der Waals surface area contributed by atoms with Crippen molar-refractivity contribution in [2.75, 3.05) is 20.5 Å². The van der Waals surface area contributed by atoms with Crippen molar-refractivity contribution < 1.29 is 50.7 Å². The lowest BCUT2D eigenvalue weighted by Gasteiger charge is -2.41. The summed E-state index contributed by atoms with van der Waals surface area (Å²) in [6.45, 7) is 5.46. The first-order valence-electron chi connectivity index (χ1n) is 23.3. The van der Waals surface area contributed by atoms with Gasteiger partial charge in [-0.1, -0.05) is 93.1 Å². The molecule has 1 unspecified atom stereocenters. The third kappa shape index (κ3) is 12.8. The molecular weight excluding hydrogens is 925 g/mol. The Hall–Kier alpha value is -8.88. The highest BCUT2D eigenvalue weighted by atomic mass is 16.6. The van der Waals surface area contributed by atoms with Crippen LogP contribution in [-0.2, 0) is 9.59 Å². The van der Waals surface area contributed by atoms with Crippen LogP contribution in [0.4, 0.5) is 34.1 Å². The smallest absolute Gasteiger partial charge is 0.277 e. The van der Waals surface area contributed by atoms with Crippen molar-refractivity contribution in [2.45, 2.75) is 65.7 Å². The number of nitrogens with two attached hydrogens (primary N) is 2. The monoisotopic (exact) mass is 980 g/mol. The number of para-hydroxylation sites is 2. The molecule has 6 aromatic carbocycles. The topological polar surface area (TPSA) is 278 Å². The summed E-state index contributed by atoms with van der Waals surface area (Å²) in [5.41, 5.74) is 7.40. The van der Waals surface area contributed by atoms with Gasteiger partial charge in [-0.25, -0.2) is 0 Å². The number of anilines is 4. The van der Waals surface area contributed by atoms with Crippen molar-refractivity contribution >= 4 is 57.7 Å². The molecule has 6 aromatic rings. The van der Waals surface area contributed by atoms with Crippen LogP contribution < -0.4 is 41.5 Å². The van der Waals surface area contributed by atoms with Gasteiger partial charge in [-0.3, -0.25) is 20.2 Å². The minimum atomic E-state index is -1.29. The molecule has 0 amide bonds. The second-order valence-electron chi connectivity index (χ2n) is 16.7. The van der Waals surface area contributed by atoms with Crippen LogP contribution in [0.15, 0.2) is 168 Å². The SMILES string of the molecule is CCCCCCC(C(=O)[O-])C(CC)(CC)C(=O)[O-].O=[N+]([O-])c1ccc(C2=NN(c3ccc(O)cc3)N(c3ccccc3)[NH2+]2)cc1.O=[N+]([O-])c1ccc(C2=NN(c3ccc(O)cc3)N(c3ccccc3)[NH2+]2)cc1. The van der Waals surface area contributed by atoms with Gasteiger partial charge in [-0.2, -0.15) is 10.9 Å². The number of hydrogen-bond acceptors (Lipinski definition) is 16. The number of hydrogen-bond donors (Lipinski definition) is 4. The summed E-state index contributed by atoms with van der Waals surface area (Å²) >= 11 is 0. The van der Waals surface area contributed by atoms with Crippen molar-refractivity contribution in [2.24, 2.45) is 21.5 Å². The van der Waals surface area contributed by atoms with Crippen LogP contribution in [-0.4, -0.2) is 43.7 Å². The Morgan fingerprint density at radius 3 is 1.26 bits per heavy atom. The fraction of sp³-hybridized carbons (Fsp3) is 0.231. The Morgan fingerprint density at radius 2 is 0.944 bits per heavy atom. The van der Waals surface area contributed by atoms with E-state index in [2.05, 4.69) is 17.1 Å². The fourth-order valence-electron chi connectivity index (χ4n) is 8.10.